The van der Waals surface area contributed by atoms with Crippen LogP contribution in [0.2, 0.25) is 0 Å². The Morgan fingerprint density at radius 2 is 1.67 bits per heavy atom. The number of amides is 1. The topological polar surface area (TPSA) is 56.7 Å². The Morgan fingerprint density at radius 3 is 2.14 bits per heavy atom. The lowest BCUT2D eigenvalue weighted by Gasteiger charge is -2.19. The maximum absolute atomic E-state index is 11.9. The molecular formula is C16H34N4O. The molecule has 0 fully saturated rings. The Hall–Kier alpha value is -1.26. The zero-order chi connectivity index (χ0) is 16.1. The van der Waals surface area contributed by atoms with Gasteiger partial charge in [0.15, 0.2) is 5.96 Å². The summed E-state index contributed by atoms with van der Waals surface area (Å²) in [6.07, 6.45) is 2.82. The van der Waals surface area contributed by atoms with Crippen LogP contribution in [0.5, 0.6) is 0 Å². The number of aliphatic imine (C=N–C) groups is 1. The molecule has 0 spiro atoms. The van der Waals surface area contributed by atoms with Crippen molar-refractivity contribution in [2.75, 3.05) is 32.7 Å². The van der Waals surface area contributed by atoms with E-state index in [0.29, 0.717) is 18.9 Å². The lowest BCUT2D eigenvalue weighted by molar-refractivity contribution is -0.130. The smallest absolute Gasteiger partial charge is 0.224 e. The third kappa shape index (κ3) is 8.58. The van der Waals surface area contributed by atoms with E-state index in [-0.39, 0.29) is 5.91 Å². The minimum Gasteiger partial charge on any atom is -0.357 e. The highest BCUT2D eigenvalue weighted by Gasteiger charge is 2.09. The third-order valence-electron chi connectivity index (χ3n) is 3.75. The summed E-state index contributed by atoms with van der Waals surface area (Å²) in [6.45, 7) is 14.3. The second kappa shape index (κ2) is 12.5. The second-order valence-electron chi connectivity index (χ2n) is 5.14. The molecule has 0 radical (unpaired) electrons. The van der Waals surface area contributed by atoms with E-state index in [1.54, 1.807) is 0 Å². The summed E-state index contributed by atoms with van der Waals surface area (Å²) >= 11 is 0. The summed E-state index contributed by atoms with van der Waals surface area (Å²) in [5.74, 6) is 1.65. The molecule has 5 nitrogen and oxygen atoms in total. The van der Waals surface area contributed by atoms with Gasteiger partial charge in [-0.25, -0.2) is 0 Å². The summed E-state index contributed by atoms with van der Waals surface area (Å²) in [4.78, 5) is 18.4. The number of carbonyl (C=O) groups is 1. The van der Waals surface area contributed by atoms with Gasteiger partial charge in [-0.3, -0.25) is 9.79 Å². The molecule has 0 aromatic rings. The SMILES string of the molecule is CCNC(=NCC(CC)CC)NCCC(=O)N(CC)CC. The van der Waals surface area contributed by atoms with Crippen molar-refractivity contribution in [3.8, 4) is 0 Å². The highest BCUT2D eigenvalue weighted by molar-refractivity contribution is 5.81. The van der Waals surface area contributed by atoms with Gasteiger partial charge in [-0.1, -0.05) is 26.7 Å². The fourth-order valence-electron chi connectivity index (χ4n) is 2.13. The Morgan fingerprint density at radius 1 is 1.05 bits per heavy atom. The standard InChI is InChI=1S/C16H34N4O/c1-6-14(7-2)13-19-16(17-8-3)18-12-11-15(21)20(9-4)10-5/h14H,6-13H2,1-5H3,(H2,17,18,19). The Bertz CT molecular complexity index is 297. The number of carbonyl (C=O) groups excluding carboxylic acids is 1. The van der Waals surface area contributed by atoms with Crippen LogP contribution in [0.25, 0.3) is 0 Å². The quantitative estimate of drug-likeness (QED) is 0.480. The fourth-order valence-corrected chi connectivity index (χ4v) is 2.13. The first kappa shape index (κ1) is 19.7. The zero-order valence-corrected chi connectivity index (χ0v) is 14.5. The first-order valence-corrected chi connectivity index (χ1v) is 8.42. The van der Waals surface area contributed by atoms with Crippen LogP contribution < -0.4 is 10.6 Å². The molecule has 0 aromatic heterocycles. The van der Waals surface area contributed by atoms with E-state index >= 15 is 0 Å². The number of guanidine groups is 1. The third-order valence-corrected chi connectivity index (χ3v) is 3.75. The van der Waals surface area contributed by atoms with Gasteiger partial charge >= 0.3 is 0 Å². The van der Waals surface area contributed by atoms with E-state index < -0.39 is 0 Å². The molecule has 2 N–H and O–H groups in total. The second-order valence-corrected chi connectivity index (χ2v) is 5.14. The van der Waals surface area contributed by atoms with E-state index in [1.807, 2.05) is 18.7 Å². The van der Waals surface area contributed by atoms with E-state index in [4.69, 9.17) is 0 Å². The van der Waals surface area contributed by atoms with Crippen LogP contribution >= 0.6 is 0 Å². The zero-order valence-electron chi connectivity index (χ0n) is 14.5. The van der Waals surface area contributed by atoms with Crippen molar-refractivity contribution < 1.29 is 4.79 Å². The molecule has 0 saturated carbocycles. The molecule has 0 bridgehead atoms. The lowest BCUT2D eigenvalue weighted by Crippen LogP contribution is -2.40. The van der Waals surface area contributed by atoms with Gasteiger partial charge in [0.25, 0.3) is 0 Å². The van der Waals surface area contributed by atoms with Crippen LogP contribution in [0, 0.1) is 5.92 Å². The van der Waals surface area contributed by atoms with Gasteiger partial charge in [0, 0.05) is 39.1 Å². The molecule has 0 aromatic carbocycles. The Kier molecular flexibility index (Phi) is 11.7. The van der Waals surface area contributed by atoms with Gasteiger partial charge < -0.3 is 15.5 Å². The van der Waals surface area contributed by atoms with Crippen molar-refractivity contribution in [3.05, 3.63) is 0 Å². The van der Waals surface area contributed by atoms with Crippen LogP contribution in [0.1, 0.15) is 53.9 Å². The summed E-state index contributed by atoms with van der Waals surface area (Å²) < 4.78 is 0. The van der Waals surface area contributed by atoms with Crippen LogP contribution in [0.4, 0.5) is 0 Å². The number of hydrogen-bond acceptors (Lipinski definition) is 2. The van der Waals surface area contributed by atoms with Crippen LogP contribution in [0.15, 0.2) is 4.99 Å². The predicted octanol–water partition coefficient (Wildman–Crippen LogP) is 2.24. The molecule has 0 aliphatic heterocycles. The molecular weight excluding hydrogens is 264 g/mol. The largest absolute Gasteiger partial charge is 0.357 e. The minimum absolute atomic E-state index is 0.198. The van der Waals surface area contributed by atoms with Gasteiger partial charge in [-0.2, -0.15) is 0 Å². The van der Waals surface area contributed by atoms with E-state index in [2.05, 4.69) is 36.4 Å². The molecule has 0 rings (SSSR count). The molecule has 0 aliphatic rings. The summed E-state index contributed by atoms with van der Waals surface area (Å²) in [6, 6.07) is 0. The summed E-state index contributed by atoms with van der Waals surface area (Å²) in [5, 5.41) is 6.48. The fraction of sp³-hybridized carbons (Fsp3) is 0.875. The van der Waals surface area contributed by atoms with Gasteiger partial charge in [0.05, 0.1) is 0 Å². The van der Waals surface area contributed by atoms with Crippen LogP contribution in [0.3, 0.4) is 0 Å². The average molecular weight is 298 g/mol. The first-order valence-electron chi connectivity index (χ1n) is 8.42. The number of rotatable bonds is 10. The predicted molar refractivity (Wildman–Crippen MR) is 90.6 cm³/mol. The van der Waals surface area contributed by atoms with Crippen molar-refractivity contribution in [1.82, 2.24) is 15.5 Å². The number of nitrogens with zero attached hydrogens (tertiary/aromatic N) is 2. The first-order chi connectivity index (χ1) is 10.1. The van der Waals surface area contributed by atoms with Crippen molar-refractivity contribution in [1.29, 1.82) is 0 Å². The highest BCUT2D eigenvalue weighted by atomic mass is 16.2. The normalized spacial score (nSPS) is 11.6. The Labute approximate surface area is 130 Å². The van der Waals surface area contributed by atoms with Gasteiger partial charge in [0.2, 0.25) is 5.91 Å². The highest BCUT2D eigenvalue weighted by Crippen LogP contribution is 2.07. The van der Waals surface area contributed by atoms with Crippen molar-refractivity contribution in [2.45, 2.75) is 53.9 Å². The molecule has 0 heterocycles. The lowest BCUT2D eigenvalue weighted by atomic mass is 10.0. The minimum atomic E-state index is 0.198. The average Bonchev–Trinajstić information content (AvgIpc) is 2.49. The molecule has 5 heteroatoms. The van der Waals surface area contributed by atoms with E-state index in [0.717, 1.165) is 45.0 Å². The molecule has 21 heavy (non-hydrogen) atoms. The maximum atomic E-state index is 11.9. The number of nitrogens with one attached hydrogen (secondary N) is 2. The molecule has 124 valence electrons. The molecule has 0 aliphatic carbocycles. The monoisotopic (exact) mass is 298 g/mol. The molecule has 1 amide bonds. The van der Waals surface area contributed by atoms with Gasteiger partial charge in [-0.15, -0.1) is 0 Å². The van der Waals surface area contributed by atoms with Gasteiger partial charge in [0.1, 0.15) is 0 Å². The summed E-state index contributed by atoms with van der Waals surface area (Å²) in [5.41, 5.74) is 0. The molecule has 0 saturated heterocycles. The van der Waals surface area contributed by atoms with Crippen molar-refractivity contribution in [3.63, 3.8) is 0 Å². The summed E-state index contributed by atoms with van der Waals surface area (Å²) in [7, 11) is 0. The van der Waals surface area contributed by atoms with E-state index in [9.17, 15) is 4.79 Å². The molecule has 0 atom stereocenters. The van der Waals surface area contributed by atoms with Gasteiger partial charge in [-0.05, 0) is 26.7 Å². The van der Waals surface area contributed by atoms with Crippen LogP contribution in [-0.4, -0.2) is 49.5 Å². The van der Waals surface area contributed by atoms with Crippen molar-refractivity contribution >= 4 is 11.9 Å². The maximum Gasteiger partial charge on any atom is 0.224 e. The van der Waals surface area contributed by atoms with Crippen molar-refractivity contribution in [2.24, 2.45) is 10.9 Å². The van der Waals surface area contributed by atoms with E-state index in [1.165, 1.54) is 0 Å². The Balaban J connectivity index is 4.26. The number of hydrogen-bond donors (Lipinski definition) is 2. The van der Waals surface area contributed by atoms with Crippen LogP contribution in [-0.2, 0) is 4.79 Å². The molecule has 0 unspecified atom stereocenters.